The highest BCUT2D eigenvalue weighted by atomic mass is 19.4. The molecule has 2 atom stereocenters. The quantitative estimate of drug-likeness (QED) is 0.347. The Morgan fingerprint density at radius 3 is 2.26 bits per heavy atom. The van der Waals surface area contributed by atoms with Gasteiger partial charge in [-0.3, -0.25) is 9.88 Å². The molecule has 180 valence electrons. The SMILES string of the molecule is CC(C)CC[C@@H](c1ccc(-c2cccnc2)cc1)N1CCCC[C@@H]1c1ccc(C(F)(F)F)cc1. The predicted molar refractivity (Wildman–Crippen MR) is 131 cm³/mol. The number of alkyl halides is 3. The van der Waals surface area contributed by atoms with Crippen LogP contribution in [0.1, 0.15) is 74.7 Å². The largest absolute Gasteiger partial charge is 0.416 e. The molecule has 1 aromatic heterocycles. The molecular weight excluding hydrogens is 433 g/mol. The first kappa shape index (κ1) is 24.5. The second-order valence-electron chi connectivity index (χ2n) is 9.72. The van der Waals surface area contributed by atoms with Crippen LogP contribution in [0.2, 0.25) is 0 Å². The number of likely N-dealkylation sites (tertiary alicyclic amines) is 1. The van der Waals surface area contributed by atoms with E-state index in [0.29, 0.717) is 5.92 Å². The number of rotatable bonds is 7. The van der Waals surface area contributed by atoms with Gasteiger partial charge in [0.05, 0.1) is 5.56 Å². The van der Waals surface area contributed by atoms with E-state index < -0.39 is 11.7 Å². The lowest BCUT2D eigenvalue weighted by Crippen LogP contribution is -2.37. The third kappa shape index (κ3) is 5.87. The van der Waals surface area contributed by atoms with Gasteiger partial charge in [-0.15, -0.1) is 0 Å². The molecule has 34 heavy (non-hydrogen) atoms. The minimum absolute atomic E-state index is 0.131. The van der Waals surface area contributed by atoms with E-state index in [1.165, 1.54) is 17.7 Å². The Labute approximate surface area is 200 Å². The van der Waals surface area contributed by atoms with Crippen LogP contribution in [0.25, 0.3) is 11.1 Å². The topological polar surface area (TPSA) is 16.1 Å². The normalized spacial score (nSPS) is 18.2. The van der Waals surface area contributed by atoms with Gasteiger partial charge >= 0.3 is 6.18 Å². The average Bonchev–Trinajstić information content (AvgIpc) is 2.85. The molecule has 5 heteroatoms. The number of benzene rings is 2. The van der Waals surface area contributed by atoms with Crippen LogP contribution in [0.5, 0.6) is 0 Å². The highest BCUT2D eigenvalue weighted by Gasteiger charge is 2.33. The maximum atomic E-state index is 13.1. The van der Waals surface area contributed by atoms with Gasteiger partial charge in [-0.2, -0.15) is 13.2 Å². The Kier molecular flexibility index (Phi) is 7.72. The second kappa shape index (κ2) is 10.7. The van der Waals surface area contributed by atoms with Crippen molar-refractivity contribution in [1.82, 2.24) is 9.88 Å². The second-order valence-corrected chi connectivity index (χ2v) is 9.72. The van der Waals surface area contributed by atoms with Gasteiger partial charge in [-0.25, -0.2) is 0 Å². The van der Waals surface area contributed by atoms with E-state index in [2.05, 4.69) is 54.1 Å². The van der Waals surface area contributed by atoms with Crippen LogP contribution in [0.4, 0.5) is 13.2 Å². The standard InChI is InChI=1S/C29H33F3N2/c1-21(2)8-17-28(23-11-9-22(10-12-23)25-6-5-18-33-20-25)34-19-4-3-7-27(34)24-13-15-26(16-14-24)29(30,31)32/h5-6,9-16,18,20-21,27-28H,3-4,7-8,17,19H2,1-2H3/t27-,28+/m1/s1. The fourth-order valence-electron chi connectivity index (χ4n) is 5.03. The molecule has 0 bridgehead atoms. The molecular formula is C29H33F3N2. The molecule has 1 saturated heterocycles. The first-order chi connectivity index (χ1) is 16.3. The van der Waals surface area contributed by atoms with Crippen LogP contribution in [0.15, 0.2) is 73.1 Å². The van der Waals surface area contributed by atoms with Crippen molar-refractivity contribution in [3.8, 4) is 11.1 Å². The van der Waals surface area contributed by atoms with Crippen molar-refractivity contribution >= 4 is 0 Å². The van der Waals surface area contributed by atoms with Crippen molar-refractivity contribution in [3.05, 3.63) is 89.7 Å². The number of halogens is 3. The van der Waals surface area contributed by atoms with Crippen molar-refractivity contribution in [2.45, 2.75) is 64.2 Å². The van der Waals surface area contributed by atoms with Crippen LogP contribution >= 0.6 is 0 Å². The summed E-state index contributed by atoms with van der Waals surface area (Å²) >= 11 is 0. The predicted octanol–water partition coefficient (Wildman–Crippen LogP) is 8.47. The molecule has 0 amide bonds. The third-order valence-corrected chi connectivity index (χ3v) is 6.88. The molecule has 1 fully saturated rings. The molecule has 1 aliphatic rings. The first-order valence-corrected chi connectivity index (χ1v) is 12.3. The van der Waals surface area contributed by atoms with E-state index in [4.69, 9.17) is 0 Å². The Balaban J connectivity index is 1.63. The zero-order valence-electron chi connectivity index (χ0n) is 19.9. The number of hydrogen-bond donors (Lipinski definition) is 0. The lowest BCUT2D eigenvalue weighted by molar-refractivity contribution is -0.137. The summed E-state index contributed by atoms with van der Waals surface area (Å²) < 4.78 is 39.3. The Morgan fingerprint density at radius 1 is 0.912 bits per heavy atom. The van der Waals surface area contributed by atoms with Crippen molar-refractivity contribution in [3.63, 3.8) is 0 Å². The summed E-state index contributed by atoms with van der Waals surface area (Å²) in [5.41, 5.74) is 3.90. The first-order valence-electron chi connectivity index (χ1n) is 12.3. The maximum Gasteiger partial charge on any atom is 0.416 e. The Morgan fingerprint density at radius 2 is 1.65 bits per heavy atom. The van der Waals surface area contributed by atoms with E-state index in [1.807, 2.05) is 12.3 Å². The van der Waals surface area contributed by atoms with Gasteiger partial charge in [0.2, 0.25) is 0 Å². The number of pyridine rings is 1. The molecule has 2 nitrogen and oxygen atoms in total. The summed E-state index contributed by atoms with van der Waals surface area (Å²) in [5, 5.41) is 0. The highest BCUT2D eigenvalue weighted by Crippen LogP contribution is 2.41. The number of piperidine rings is 1. The van der Waals surface area contributed by atoms with Crippen LogP contribution in [0, 0.1) is 5.92 Å². The van der Waals surface area contributed by atoms with E-state index in [0.717, 1.165) is 55.3 Å². The summed E-state index contributed by atoms with van der Waals surface area (Å²) in [4.78, 5) is 6.76. The molecule has 4 rings (SSSR count). The van der Waals surface area contributed by atoms with Crippen molar-refractivity contribution in [2.24, 2.45) is 5.92 Å². The summed E-state index contributed by atoms with van der Waals surface area (Å²) in [5.74, 6) is 0.589. The number of hydrogen-bond acceptors (Lipinski definition) is 2. The van der Waals surface area contributed by atoms with Gasteiger partial charge in [0, 0.05) is 24.5 Å². The molecule has 0 aliphatic carbocycles. The van der Waals surface area contributed by atoms with Gasteiger partial charge in [0.1, 0.15) is 0 Å². The lowest BCUT2D eigenvalue weighted by atomic mass is 9.88. The van der Waals surface area contributed by atoms with Gasteiger partial charge in [0.15, 0.2) is 0 Å². The third-order valence-electron chi connectivity index (χ3n) is 6.88. The molecule has 0 N–H and O–H groups in total. The van der Waals surface area contributed by atoms with Gasteiger partial charge in [-0.1, -0.05) is 62.7 Å². The Hall–Kier alpha value is -2.66. The van der Waals surface area contributed by atoms with E-state index in [-0.39, 0.29) is 12.1 Å². The van der Waals surface area contributed by atoms with Crippen LogP contribution in [0.3, 0.4) is 0 Å². The van der Waals surface area contributed by atoms with E-state index in [1.54, 1.807) is 18.3 Å². The zero-order valence-corrected chi connectivity index (χ0v) is 19.9. The van der Waals surface area contributed by atoms with E-state index >= 15 is 0 Å². The molecule has 0 radical (unpaired) electrons. The van der Waals surface area contributed by atoms with Crippen LogP contribution in [-0.2, 0) is 6.18 Å². The fourth-order valence-corrected chi connectivity index (χ4v) is 5.03. The van der Waals surface area contributed by atoms with Gasteiger partial charge < -0.3 is 0 Å². The monoisotopic (exact) mass is 466 g/mol. The van der Waals surface area contributed by atoms with E-state index in [9.17, 15) is 13.2 Å². The summed E-state index contributed by atoms with van der Waals surface area (Å²) in [6.45, 7) is 5.44. The van der Waals surface area contributed by atoms with Crippen molar-refractivity contribution < 1.29 is 13.2 Å². The molecule has 1 aliphatic heterocycles. The fraction of sp³-hybridized carbons (Fsp3) is 0.414. The highest BCUT2D eigenvalue weighted by molar-refractivity contribution is 5.62. The molecule has 3 aromatic rings. The van der Waals surface area contributed by atoms with Crippen LogP contribution < -0.4 is 0 Å². The summed E-state index contributed by atoms with van der Waals surface area (Å²) in [6, 6.07) is 18.9. The molecule has 2 aromatic carbocycles. The summed E-state index contributed by atoms with van der Waals surface area (Å²) in [7, 11) is 0. The lowest BCUT2D eigenvalue weighted by Gasteiger charge is -2.42. The number of aromatic nitrogens is 1. The molecule has 0 unspecified atom stereocenters. The maximum absolute atomic E-state index is 13.1. The van der Waals surface area contributed by atoms with Crippen molar-refractivity contribution in [2.75, 3.05) is 6.54 Å². The zero-order chi connectivity index (χ0) is 24.1. The van der Waals surface area contributed by atoms with Crippen LogP contribution in [-0.4, -0.2) is 16.4 Å². The molecule has 0 spiro atoms. The average molecular weight is 467 g/mol. The summed E-state index contributed by atoms with van der Waals surface area (Å²) in [6.07, 6.45) is 4.65. The minimum atomic E-state index is -4.30. The molecule has 0 saturated carbocycles. The van der Waals surface area contributed by atoms with Crippen molar-refractivity contribution in [1.29, 1.82) is 0 Å². The smallest absolute Gasteiger partial charge is 0.289 e. The minimum Gasteiger partial charge on any atom is -0.289 e. The number of nitrogens with zero attached hydrogens (tertiary/aromatic N) is 2. The molecule has 2 heterocycles. The van der Waals surface area contributed by atoms with Gasteiger partial charge in [-0.05, 0) is 78.6 Å². The van der Waals surface area contributed by atoms with Gasteiger partial charge in [0.25, 0.3) is 0 Å². The Bertz CT molecular complexity index is 1030.